The largest absolute Gasteiger partial charge is 0.339 e. The first-order valence-electron chi connectivity index (χ1n) is 6.66. The monoisotopic (exact) mass is 224 g/mol. The van der Waals surface area contributed by atoms with Gasteiger partial charge in [-0.15, -0.1) is 0 Å². The van der Waals surface area contributed by atoms with Crippen molar-refractivity contribution < 1.29 is 4.79 Å². The van der Waals surface area contributed by atoms with Crippen LogP contribution in [0.3, 0.4) is 0 Å². The number of carbonyl (C=O) groups excluding carboxylic acids is 1. The zero-order valence-corrected chi connectivity index (χ0v) is 10.4. The van der Waals surface area contributed by atoms with Gasteiger partial charge in [0.25, 0.3) is 0 Å². The van der Waals surface area contributed by atoms with Crippen LogP contribution in [-0.2, 0) is 4.79 Å². The molecule has 0 aromatic rings. The zero-order valence-electron chi connectivity index (χ0n) is 10.4. The Bertz CT molecular complexity index is 247. The lowest BCUT2D eigenvalue weighted by molar-refractivity contribution is -0.143. The van der Waals surface area contributed by atoms with E-state index in [1.807, 2.05) is 11.8 Å². The van der Waals surface area contributed by atoms with Gasteiger partial charge >= 0.3 is 0 Å². The molecule has 0 aromatic heterocycles. The van der Waals surface area contributed by atoms with E-state index in [0.29, 0.717) is 5.91 Å². The van der Waals surface area contributed by atoms with Gasteiger partial charge in [0.15, 0.2) is 0 Å². The van der Waals surface area contributed by atoms with Gasteiger partial charge < -0.3 is 10.6 Å². The Kier molecular flexibility index (Phi) is 3.53. The topological polar surface area (TPSA) is 46.3 Å². The highest BCUT2D eigenvalue weighted by Gasteiger charge is 2.39. The Hall–Kier alpha value is -0.570. The first-order chi connectivity index (χ1) is 7.58. The lowest BCUT2D eigenvalue weighted by Gasteiger charge is -2.46. The third-order valence-electron chi connectivity index (χ3n) is 3.87. The quantitative estimate of drug-likeness (QED) is 0.739. The summed E-state index contributed by atoms with van der Waals surface area (Å²) in [5.74, 6) is 0.654. The van der Waals surface area contributed by atoms with Crippen molar-refractivity contribution in [2.24, 2.45) is 11.7 Å². The normalized spacial score (nSPS) is 26.8. The summed E-state index contributed by atoms with van der Waals surface area (Å²) in [6.45, 7) is 3.53. The van der Waals surface area contributed by atoms with Gasteiger partial charge in [-0.3, -0.25) is 4.79 Å². The maximum absolute atomic E-state index is 12.2. The number of hydrogen-bond acceptors (Lipinski definition) is 2. The summed E-state index contributed by atoms with van der Waals surface area (Å²) in [4.78, 5) is 14.2. The zero-order chi connectivity index (χ0) is 11.6. The minimum atomic E-state index is -0.128. The lowest BCUT2D eigenvalue weighted by Crippen LogP contribution is -2.67. The Labute approximate surface area is 98.4 Å². The number of likely N-dealkylation sites (tertiary alicyclic amines) is 1. The maximum Gasteiger partial charge on any atom is 0.225 e. The molecule has 2 fully saturated rings. The molecule has 0 atom stereocenters. The van der Waals surface area contributed by atoms with Crippen molar-refractivity contribution in [3.8, 4) is 0 Å². The van der Waals surface area contributed by atoms with E-state index in [4.69, 9.17) is 5.73 Å². The fourth-order valence-electron chi connectivity index (χ4n) is 2.94. The van der Waals surface area contributed by atoms with Gasteiger partial charge in [0, 0.05) is 24.5 Å². The second-order valence-electron chi connectivity index (χ2n) is 5.89. The van der Waals surface area contributed by atoms with E-state index in [0.717, 1.165) is 25.9 Å². The molecule has 3 nitrogen and oxygen atoms in total. The standard InChI is InChI=1S/C13H24N2O/c1-13(14)9-15(10-13)12(16)11-7-5-3-2-4-6-8-11/h11H,2-10,14H2,1H3. The van der Waals surface area contributed by atoms with Gasteiger partial charge in [-0.25, -0.2) is 0 Å². The van der Waals surface area contributed by atoms with E-state index < -0.39 is 0 Å². The van der Waals surface area contributed by atoms with Gasteiger partial charge in [-0.1, -0.05) is 32.1 Å². The van der Waals surface area contributed by atoms with Gasteiger partial charge in [-0.05, 0) is 19.8 Å². The number of nitrogens with zero attached hydrogens (tertiary/aromatic N) is 1. The minimum absolute atomic E-state index is 0.128. The van der Waals surface area contributed by atoms with Crippen molar-refractivity contribution >= 4 is 5.91 Å². The van der Waals surface area contributed by atoms with Crippen LogP contribution in [0.2, 0.25) is 0 Å². The van der Waals surface area contributed by atoms with Crippen LogP contribution in [0, 0.1) is 5.92 Å². The molecule has 0 radical (unpaired) electrons. The minimum Gasteiger partial charge on any atom is -0.339 e. The number of nitrogens with two attached hydrogens (primary N) is 1. The Morgan fingerprint density at radius 1 is 1.12 bits per heavy atom. The predicted octanol–water partition coefficient (Wildman–Crippen LogP) is 1.91. The average Bonchev–Trinajstić information content (AvgIpc) is 2.12. The Morgan fingerprint density at radius 3 is 2.12 bits per heavy atom. The molecule has 16 heavy (non-hydrogen) atoms. The van der Waals surface area contributed by atoms with E-state index in [9.17, 15) is 4.79 Å². The molecule has 0 unspecified atom stereocenters. The first kappa shape index (κ1) is 11.9. The third kappa shape index (κ3) is 2.76. The van der Waals surface area contributed by atoms with E-state index in [2.05, 4.69) is 0 Å². The van der Waals surface area contributed by atoms with Crippen molar-refractivity contribution in [1.82, 2.24) is 4.90 Å². The molecule has 0 spiro atoms. The van der Waals surface area contributed by atoms with Crippen molar-refractivity contribution in [3.63, 3.8) is 0 Å². The first-order valence-corrected chi connectivity index (χ1v) is 6.66. The van der Waals surface area contributed by atoms with Crippen LogP contribution in [0.25, 0.3) is 0 Å². The van der Waals surface area contributed by atoms with E-state index >= 15 is 0 Å². The summed E-state index contributed by atoms with van der Waals surface area (Å²) in [6.07, 6.45) is 8.60. The summed E-state index contributed by atoms with van der Waals surface area (Å²) >= 11 is 0. The van der Waals surface area contributed by atoms with Crippen LogP contribution >= 0.6 is 0 Å². The van der Waals surface area contributed by atoms with Gasteiger partial charge in [-0.2, -0.15) is 0 Å². The second kappa shape index (κ2) is 4.74. The maximum atomic E-state index is 12.2. The van der Waals surface area contributed by atoms with Crippen LogP contribution in [-0.4, -0.2) is 29.4 Å². The third-order valence-corrected chi connectivity index (χ3v) is 3.87. The molecule has 0 aromatic carbocycles. The molecule has 3 heteroatoms. The van der Waals surface area contributed by atoms with Crippen LogP contribution in [0.5, 0.6) is 0 Å². The van der Waals surface area contributed by atoms with Crippen molar-refractivity contribution in [2.45, 2.75) is 57.4 Å². The molecule has 2 rings (SSSR count). The van der Waals surface area contributed by atoms with Crippen LogP contribution < -0.4 is 5.73 Å². The van der Waals surface area contributed by atoms with Gasteiger partial charge in [0.1, 0.15) is 0 Å². The molecular weight excluding hydrogens is 200 g/mol. The average molecular weight is 224 g/mol. The molecule has 2 aliphatic rings. The Balaban J connectivity index is 1.83. The molecule has 1 heterocycles. The summed E-state index contributed by atoms with van der Waals surface area (Å²) in [6, 6.07) is 0. The summed E-state index contributed by atoms with van der Waals surface area (Å²) in [7, 11) is 0. The molecule has 1 saturated carbocycles. The summed E-state index contributed by atoms with van der Waals surface area (Å²) in [5, 5.41) is 0. The van der Waals surface area contributed by atoms with Gasteiger partial charge in [0.2, 0.25) is 5.91 Å². The van der Waals surface area contributed by atoms with E-state index in [1.54, 1.807) is 0 Å². The number of rotatable bonds is 1. The molecule has 1 aliphatic heterocycles. The highest BCUT2D eigenvalue weighted by molar-refractivity contribution is 5.80. The summed E-state index contributed by atoms with van der Waals surface area (Å²) in [5.41, 5.74) is 5.81. The summed E-state index contributed by atoms with van der Waals surface area (Å²) < 4.78 is 0. The second-order valence-corrected chi connectivity index (χ2v) is 5.89. The lowest BCUT2D eigenvalue weighted by atomic mass is 9.86. The van der Waals surface area contributed by atoms with Crippen LogP contribution in [0.15, 0.2) is 0 Å². The molecule has 0 bridgehead atoms. The van der Waals surface area contributed by atoms with Crippen molar-refractivity contribution in [1.29, 1.82) is 0 Å². The Morgan fingerprint density at radius 2 is 1.62 bits per heavy atom. The molecule has 1 aliphatic carbocycles. The van der Waals surface area contributed by atoms with E-state index in [-0.39, 0.29) is 11.5 Å². The SMILES string of the molecule is CC1(N)CN(C(=O)C2CCCCCCC2)C1. The smallest absolute Gasteiger partial charge is 0.225 e. The van der Waals surface area contributed by atoms with Crippen molar-refractivity contribution in [2.75, 3.05) is 13.1 Å². The number of hydrogen-bond donors (Lipinski definition) is 1. The van der Waals surface area contributed by atoms with Crippen LogP contribution in [0.1, 0.15) is 51.9 Å². The fraction of sp³-hybridized carbons (Fsp3) is 0.923. The predicted molar refractivity (Wildman–Crippen MR) is 65.0 cm³/mol. The number of amides is 1. The highest BCUT2D eigenvalue weighted by Crippen LogP contribution is 2.27. The van der Waals surface area contributed by atoms with E-state index in [1.165, 1.54) is 32.1 Å². The molecule has 92 valence electrons. The molecule has 2 N–H and O–H groups in total. The molecular formula is C13H24N2O. The van der Waals surface area contributed by atoms with Gasteiger partial charge in [0.05, 0.1) is 0 Å². The molecule has 1 amide bonds. The van der Waals surface area contributed by atoms with Crippen LogP contribution in [0.4, 0.5) is 0 Å². The highest BCUT2D eigenvalue weighted by atomic mass is 16.2. The molecule has 1 saturated heterocycles. The van der Waals surface area contributed by atoms with Crippen molar-refractivity contribution in [3.05, 3.63) is 0 Å². The fourth-order valence-corrected chi connectivity index (χ4v) is 2.94. The number of carbonyl (C=O) groups is 1.